The Morgan fingerprint density at radius 2 is 2.12 bits per heavy atom. The smallest absolute Gasteiger partial charge is 0.0569 e. The number of nitrogens with two attached hydrogens (primary N) is 1. The fourth-order valence-electron chi connectivity index (χ4n) is 1.66. The average molecular weight is 237 g/mol. The van der Waals surface area contributed by atoms with Crippen molar-refractivity contribution in [3.05, 3.63) is 24.0 Å². The van der Waals surface area contributed by atoms with Crippen molar-refractivity contribution in [3.63, 3.8) is 0 Å². The summed E-state index contributed by atoms with van der Waals surface area (Å²) in [7, 11) is 2.06. The number of unbranched alkanes of at least 4 members (excludes halogenated alkanes) is 2. The van der Waals surface area contributed by atoms with E-state index in [0.717, 1.165) is 37.2 Å². The first-order valence-corrected chi connectivity index (χ1v) is 6.18. The van der Waals surface area contributed by atoms with Crippen LogP contribution in [0.3, 0.4) is 0 Å². The highest BCUT2D eigenvalue weighted by atomic mass is 16.2. The molecule has 3 N–H and O–H groups in total. The van der Waals surface area contributed by atoms with Gasteiger partial charge in [0.25, 0.3) is 0 Å². The summed E-state index contributed by atoms with van der Waals surface area (Å²) < 4.78 is 0. The normalized spacial score (nSPS) is 12.5. The first-order chi connectivity index (χ1) is 8.15. The molecule has 4 nitrogen and oxygen atoms in total. The second kappa shape index (κ2) is 7.25. The van der Waals surface area contributed by atoms with Crippen LogP contribution in [0.15, 0.2) is 18.3 Å². The second-order valence-electron chi connectivity index (χ2n) is 4.44. The number of hydrogen-bond acceptors (Lipinski definition) is 4. The number of hydrogen-bond donors (Lipinski definition) is 2. The molecule has 1 rings (SSSR count). The molecule has 1 atom stereocenters. The fraction of sp³-hybridized carbons (Fsp3) is 0.615. The van der Waals surface area contributed by atoms with Gasteiger partial charge in [0.1, 0.15) is 0 Å². The molecule has 4 heteroatoms. The minimum atomic E-state index is -0.0149. The first kappa shape index (κ1) is 13.9. The Hall–Kier alpha value is -1.13. The lowest BCUT2D eigenvalue weighted by Crippen LogP contribution is -2.19. The molecular weight excluding hydrogens is 214 g/mol. The molecule has 0 aliphatic heterocycles. The van der Waals surface area contributed by atoms with Crippen molar-refractivity contribution in [2.75, 3.05) is 25.1 Å². The summed E-state index contributed by atoms with van der Waals surface area (Å²) in [6, 6.07) is 4.01. The van der Waals surface area contributed by atoms with Crippen LogP contribution < -0.4 is 10.6 Å². The standard InChI is InChI=1S/C13H23N3O/c1-11(14)13-7-6-12(10-15-13)16(2)8-4-3-5-9-17/h6-7,10-11,17H,3-5,8-9,14H2,1-2H3/t11-/m0/s1. The van der Waals surface area contributed by atoms with Crippen molar-refractivity contribution < 1.29 is 5.11 Å². The summed E-state index contributed by atoms with van der Waals surface area (Å²) in [5.41, 5.74) is 7.78. The number of anilines is 1. The van der Waals surface area contributed by atoms with E-state index in [1.807, 2.05) is 19.2 Å². The lowest BCUT2D eigenvalue weighted by Gasteiger charge is -2.19. The number of pyridine rings is 1. The van der Waals surface area contributed by atoms with Crippen LogP contribution in [-0.2, 0) is 0 Å². The number of aliphatic hydroxyl groups excluding tert-OH is 1. The minimum absolute atomic E-state index is 0.0149. The Morgan fingerprint density at radius 3 is 2.65 bits per heavy atom. The van der Waals surface area contributed by atoms with Crippen LogP contribution in [-0.4, -0.2) is 30.3 Å². The zero-order valence-electron chi connectivity index (χ0n) is 10.8. The molecule has 0 aromatic carbocycles. The van der Waals surface area contributed by atoms with Crippen molar-refractivity contribution in [2.24, 2.45) is 5.73 Å². The molecule has 96 valence electrons. The number of nitrogens with zero attached hydrogens (tertiary/aromatic N) is 2. The molecule has 0 unspecified atom stereocenters. The highest BCUT2D eigenvalue weighted by Crippen LogP contribution is 2.14. The third kappa shape index (κ3) is 4.71. The van der Waals surface area contributed by atoms with E-state index in [2.05, 4.69) is 23.0 Å². The van der Waals surface area contributed by atoms with E-state index in [1.54, 1.807) is 0 Å². The fourth-order valence-corrected chi connectivity index (χ4v) is 1.66. The maximum Gasteiger partial charge on any atom is 0.0569 e. The lowest BCUT2D eigenvalue weighted by atomic mass is 10.2. The predicted molar refractivity (Wildman–Crippen MR) is 71.0 cm³/mol. The molecule has 0 fully saturated rings. The van der Waals surface area contributed by atoms with Crippen LogP contribution in [0.5, 0.6) is 0 Å². The minimum Gasteiger partial charge on any atom is -0.396 e. The van der Waals surface area contributed by atoms with Gasteiger partial charge in [-0.1, -0.05) is 0 Å². The number of aliphatic hydroxyl groups is 1. The van der Waals surface area contributed by atoms with Gasteiger partial charge in [0.05, 0.1) is 17.6 Å². The van der Waals surface area contributed by atoms with E-state index in [1.165, 1.54) is 0 Å². The van der Waals surface area contributed by atoms with Gasteiger partial charge >= 0.3 is 0 Å². The Bertz CT molecular complexity index is 311. The molecule has 1 aromatic rings. The van der Waals surface area contributed by atoms with E-state index in [0.29, 0.717) is 0 Å². The SMILES string of the molecule is C[C@H](N)c1ccc(N(C)CCCCCO)cn1. The molecule has 0 bridgehead atoms. The van der Waals surface area contributed by atoms with Crippen LogP contribution >= 0.6 is 0 Å². The van der Waals surface area contributed by atoms with Crippen LogP contribution in [0.2, 0.25) is 0 Å². The van der Waals surface area contributed by atoms with Crippen LogP contribution in [0.25, 0.3) is 0 Å². The van der Waals surface area contributed by atoms with E-state index in [9.17, 15) is 0 Å². The van der Waals surface area contributed by atoms with Crippen molar-refractivity contribution >= 4 is 5.69 Å². The van der Waals surface area contributed by atoms with Gasteiger partial charge in [-0.15, -0.1) is 0 Å². The molecule has 0 saturated heterocycles. The summed E-state index contributed by atoms with van der Waals surface area (Å²) >= 11 is 0. The maximum atomic E-state index is 8.70. The molecule has 0 aliphatic carbocycles. The van der Waals surface area contributed by atoms with E-state index in [4.69, 9.17) is 10.8 Å². The van der Waals surface area contributed by atoms with Gasteiger partial charge in [0, 0.05) is 26.2 Å². The quantitative estimate of drug-likeness (QED) is 0.709. The van der Waals surface area contributed by atoms with Crippen LogP contribution in [0.4, 0.5) is 5.69 Å². The largest absolute Gasteiger partial charge is 0.396 e. The molecule has 1 heterocycles. The zero-order chi connectivity index (χ0) is 12.7. The maximum absolute atomic E-state index is 8.70. The molecule has 0 radical (unpaired) electrons. The lowest BCUT2D eigenvalue weighted by molar-refractivity contribution is 0.283. The third-order valence-electron chi connectivity index (χ3n) is 2.83. The van der Waals surface area contributed by atoms with Crippen molar-refractivity contribution in [3.8, 4) is 0 Å². The molecule has 1 aromatic heterocycles. The van der Waals surface area contributed by atoms with E-state index >= 15 is 0 Å². The number of aromatic nitrogens is 1. The summed E-state index contributed by atoms with van der Waals surface area (Å²) in [5, 5.41) is 8.70. The molecule has 0 saturated carbocycles. The van der Waals surface area contributed by atoms with Gasteiger partial charge in [0.2, 0.25) is 0 Å². The number of rotatable bonds is 7. The van der Waals surface area contributed by atoms with Gasteiger partial charge in [-0.2, -0.15) is 0 Å². The first-order valence-electron chi connectivity index (χ1n) is 6.18. The van der Waals surface area contributed by atoms with Crippen molar-refractivity contribution in [2.45, 2.75) is 32.2 Å². The molecule has 0 spiro atoms. The summed E-state index contributed by atoms with van der Waals surface area (Å²) in [6.45, 7) is 3.20. The monoisotopic (exact) mass is 237 g/mol. The Labute approximate surface area is 103 Å². The van der Waals surface area contributed by atoms with Gasteiger partial charge < -0.3 is 15.7 Å². The second-order valence-corrected chi connectivity index (χ2v) is 4.44. The summed E-state index contributed by atoms with van der Waals surface area (Å²) in [6.07, 6.45) is 4.90. The summed E-state index contributed by atoms with van der Waals surface area (Å²) in [4.78, 5) is 6.51. The van der Waals surface area contributed by atoms with Gasteiger partial charge in [-0.3, -0.25) is 4.98 Å². The Balaban J connectivity index is 2.43. The predicted octanol–water partition coefficient (Wildman–Crippen LogP) is 1.70. The third-order valence-corrected chi connectivity index (χ3v) is 2.83. The van der Waals surface area contributed by atoms with Gasteiger partial charge in [-0.25, -0.2) is 0 Å². The summed E-state index contributed by atoms with van der Waals surface area (Å²) in [5.74, 6) is 0. The molecule has 17 heavy (non-hydrogen) atoms. The van der Waals surface area contributed by atoms with Crippen molar-refractivity contribution in [1.82, 2.24) is 4.98 Å². The van der Waals surface area contributed by atoms with E-state index < -0.39 is 0 Å². The Kier molecular flexibility index (Phi) is 5.94. The van der Waals surface area contributed by atoms with Crippen LogP contribution in [0.1, 0.15) is 37.9 Å². The topological polar surface area (TPSA) is 62.4 Å². The zero-order valence-corrected chi connectivity index (χ0v) is 10.8. The van der Waals surface area contributed by atoms with Gasteiger partial charge in [0.15, 0.2) is 0 Å². The van der Waals surface area contributed by atoms with Crippen molar-refractivity contribution in [1.29, 1.82) is 0 Å². The highest BCUT2D eigenvalue weighted by molar-refractivity contribution is 5.43. The van der Waals surface area contributed by atoms with Crippen LogP contribution in [0, 0.1) is 0 Å². The van der Waals surface area contributed by atoms with Gasteiger partial charge in [-0.05, 0) is 38.3 Å². The molecule has 0 aliphatic rings. The molecule has 0 amide bonds. The van der Waals surface area contributed by atoms with E-state index in [-0.39, 0.29) is 12.6 Å². The molecular formula is C13H23N3O. The Morgan fingerprint density at radius 1 is 1.35 bits per heavy atom. The highest BCUT2D eigenvalue weighted by Gasteiger charge is 2.03. The average Bonchev–Trinajstić information content (AvgIpc) is 2.34.